The third-order valence-electron chi connectivity index (χ3n) is 4.85. The van der Waals surface area contributed by atoms with Crippen LogP contribution in [0.2, 0.25) is 10.0 Å². The van der Waals surface area contributed by atoms with Crippen molar-refractivity contribution < 1.29 is 13.2 Å². The molecule has 3 rings (SSSR count). The summed E-state index contributed by atoms with van der Waals surface area (Å²) in [6.45, 7) is 5.71. The maximum atomic E-state index is 11.9. The van der Waals surface area contributed by atoms with Gasteiger partial charge in [0.05, 0.1) is 19.8 Å². The highest BCUT2D eigenvalue weighted by atomic mass is 127. The lowest BCUT2D eigenvalue weighted by atomic mass is 10.1. The summed E-state index contributed by atoms with van der Waals surface area (Å²) in [5.74, 6) is 0.713. The van der Waals surface area contributed by atoms with Gasteiger partial charge >= 0.3 is 0 Å². The quantitative estimate of drug-likeness (QED) is 0.453. The molecule has 0 bridgehead atoms. The normalized spacial score (nSPS) is 25.3. The summed E-state index contributed by atoms with van der Waals surface area (Å²) >= 11 is 14.3. The van der Waals surface area contributed by atoms with Crippen molar-refractivity contribution in [3.63, 3.8) is 0 Å². The van der Waals surface area contributed by atoms with Crippen LogP contribution in [-0.2, 0) is 10.0 Å². The minimum Gasteiger partial charge on any atom is -0.474 e. The van der Waals surface area contributed by atoms with Gasteiger partial charge < -0.3 is 4.74 Å². The molecule has 10 heteroatoms. The van der Waals surface area contributed by atoms with E-state index in [0.29, 0.717) is 42.0 Å². The van der Waals surface area contributed by atoms with E-state index in [4.69, 9.17) is 27.9 Å². The minimum atomic E-state index is -3.34. The lowest BCUT2D eigenvalue weighted by molar-refractivity contribution is 0.0273. The summed E-state index contributed by atoms with van der Waals surface area (Å²) in [5, 5.41) is 5.54. The SMILES string of the molecule is C=CS(=O)(=O)N1CCN(C2CCCC(Oc3cc(Cl)c(Cl)cc3I)N2)CC1. The molecule has 0 aliphatic carbocycles. The van der Waals surface area contributed by atoms with E-state index in [9.17, 15) is 8.42 Å². The van der Waals surface area contributed by atoms with Crippen molar-refractivity contribution in [2.45, 2.75) is 31.7 Å². The molecule has 0 radical (unpaired) electrons. The van der Waals surface area contributed by atoms with E-state index in [0.717, 1.165) is 28.2 Å². The molecule has 1 aromatic carbocycles. The lowest BCUT2D eigenvalue weighted by Gasteiger charge is -2.42. The van der Waals surface area contributed by atoms with Crippen LogP contribution in [0.1, 0.15) is 19.3 Å². The van der Waals surface area contributed by atoms with Crippen LogP contribution in [0.3, 0.4) is 0 Å². The summed E-state index contributed by atoms with van der Waals surface area (Å²) in [7, 11) is -3.34. The number of rotatable bonds is 5. The van der Waals surface area contributed by atoms with E-state index in [1.165, 1.54) is 4.31 Å². The zero-order chi connectivity index (χ0) is 19.6. The van der Waals surface area contributed by atoms with Crippen molar-refractivity contribution in [3.8, 4) is 5.75 Å². The fourth-order valence-electron chi connectivity index (χ4n) is 3.38. The average Bonchev–Trinajstić information content (AvgIpc) is 2.66. The number of piperazine rings is 1. The van der Waals surface area contributed by atoms with Crippen molar-refractivity contribution in [3.05, 3.63) is 37.7 Å². The predicted octanol–water partition coefficient (Wildman–Crippen LogP) is 3.49. The zero-order valence-corrected chi connectivity index (χ0v) is 19.2. The Morgan fingerprint density at radius 1 is 1.19 bits per heavy atom. The van der Waals surface area contributed by atoms with Crippen LogP contribution in [0.25, 0.3) is 0 Å². The summed E-state index contributed by atoms with van der Waals surface area (Å²) < 4.78 is 32.3. The second-order valence-corrected chi connectivity index (χ2v) is 10.4. The van der Waals surface area contributed by atoms with E-state index in [-0.39, 0.29) is 12.4 Å². The van der Waals surface area contributed by atoms with Gasteiger partial charge in [0.2, 0.25) is 10.0 Å². The van der Waals surface area contributed by atoms with E-state index in [1.54, 1.807) is 12.1 Å². The zero-order valence-electron chi connectivity index (χ0n) is 14.7. The average molecular weight is 546 g/mol. The molecule has 2 saturated heterocycles. The molecule has 2 aliphatic heterocycles. The topological polar surface area (TPSA) is 61.9 Å². The number of ether oxygens (including phenoxy) is 1. The highest BCUT2D eigenvalue weighted by molar-refractivity contribution is 14.1. The van der Waals surface area contributed by atoms with Crippen LogP contribution in [0.5, 0.6) is 5.75 Å². The van der Waals surface area contributed by atoms with Gasteiger partial charge in [-0.15, -0.1) is 0 Å². The molecule has 0 spiro atoms. The van der Waals surface area contributed by atoms with Crippen LogP contribution in [0.15, 0.2) is 24.1 Å². The lowest BCUT2D eigenvalue weighted by Crippen LogP contribution is -2.59. The first-order valence-corrected chi connectivity index (χ1v) is 12.1. The number of halogens is 3. The third-order valence-corrected chi connectivity index (χ3v) is 7.92. The van der Waals surface area contributed by atoms with Crippen LogP contribution >= 0.6 is 45.8 Å². The van der Waals surface area contributed by atoms with Crippen molar-refractivity contribution in [2.24, 2.45) is 0 Å². The second-order valence-electron chi connectivity index (χ2n) is 6.56. The maximum absolute atomic E-state index is 11.9. The molecule has 6 nitrogen and oxygen atoms in total. The van der Waals surface area contributed by atoms with Crippen LogP contribution in [0.4, 0.5) is 0 Å². The van der Waals surface area contributed by atoms with Crippen molar-refractivity contribution in [1.29, 1.82) is 0 Å². The van der Waals surface area contributed by atoms with E-state index >= 15 is 0 Å². The molecule has 2 aliphatic rings. The largest absolute Gasteiger partial charge is 0.474 e. The Balaban J connectivity index is 1.59. The molecule has 27 heavy (non-hydrogen) atoms. The Kier molecular flexibility index (Phi) is 7.32. The number of hydrogen-bond acceptors (Lipinski definition) is 5. The molecule has 150 valence electrons. The number of sulfonamides is 1. The van der Waals surface area contributed by atoms with Gasteiger partial charge in [-0.1, -0.05) is 29.8 Å². The Hall–Kier alpha value is -0.100. The summed E-state index contributed by atoms with van der Waals surface area (Å²) in [6.07, 6.45) is 2.98. The van der Waals surface area contributed by atoms with Crippen molar-refractivity contribution in [2.75, 3.05) is 26.2 Å². The van der Waals surface area contributed by atoms with Gasteiger partial charge in [0.15, 0.2) is 6.23 Å². The van der Waals surface area contributed by atoms with Crippen LogP contribution in [-0.4, -0.2) is 56.2 Å². The second kappa shape index (κ2) is 9.15. The van der Waals surface area contributed by atoms with E-state index in [2.05, 4.69) is 39.4 Å². The molecule has 2 fully saturated rings. The van der Waals surface area contributed by atoms with Gasteiger partial charge in [0.25, 0.3) is 0 Å². The summed E-state index contributed by atoms with van der Waals surface area (Å²) in [6, 6.07) is 3.54. The number of piperidine rings is 1. The maximum Gasteiger partial charge on any atom is 0.235 e. The highest BCUT2D eigenvalue weighted by Gasteiger charge is 2.32. The molecule has 1 aromatic rings. The van der Waals surface area contributed by atoms with E-state index < -0.39 is 10.0 Å². The molecule has 0 saturated carbocycles. The minimum absolute atomic E-state index is 0.121. The Labute approximate surface area is 184 Å². The Morgan fingerprint density at radius 2 is 1.85 bits per heavy atom. The fraction of sp³-hybridized carbons (Fsp3) is 0.529. The van der Waals surface area contributed by atoms with Crippen LogP contribution in [0, 0.1) is 3.57 Å². The van der Waals surface area contributed by atoms with Gasteiger partial charge in [0, 0.05) is 37.7 Å². The molecule has 2 unspecified atom stereocenters. The van der Waals surface area contributed by atoms with Gasteiger partial charge in [-0.3, -0.25) is 10.2 Å². The first-order valence-electron chi connectivity index (χ1n) is 8.74. The smallest absolute Gasteiger partial charge is 0.235 e. The number of hydrogen-bond donors (Lipinski definition) is 1. The van der Waals surface area contributed by atoms with Crippen molar-refractivity contribution in [1.82, 2.24) is 14.5 Å². The molecule has 0 amide bonds. The molecule has 2 atom stereocenters. The highest BCUT2D eigenvalue weighted by Crippen LogP contribution is 2.33. The van der Waals surface area contributed by atoms with Gasteiger partial charge in [-0.2, -0.15) is 4.31 Å². The summed E-state index contributed by atoms with van der Waals surface area (Å²) in [5.41, 5.74) is 0. The molecular formula is C17H22Cl2IN3O3S. The van der Waals surface area contributed by atoms with Crippen molar-refractivity contribution >= 4 is 55.8 Å². The molecule has 2 heterocycles. The molecule has 1 N–H and O–H groups in total. The van der Waals surface area contributed by atoms with E-state index in [1.807, 2.05) is 0 Å². The monoisotopic (exact) mass is 545 g/mol. The predicted molar refractivity (Wildman–Crippen MR) is 117 cm³/mol. The van der Waals surface area contributed by atoms with Crippen LogP contribution < -0.4 is 10.1 Å². The standard InChI is InChI=1S/C17H22Cl2IN3O3S/c1-2-27(24,25)23-8-6-22(7-9-23)16-4-3-5-17(21-16)26-15-11-13(19)12(18)10-14(15)20/h2,10-11,16-17,21H,1,3-9H2. The number of nitrogens with zero attached hydrogens (tertiary/aromatic N) is 2. The Bertz CT molecular complexity index is 801. The Morgan fingerprint density at radius 3 is 2.52 bits per heavy atom. The molecular weight excluding hydrogens is 524 g/mol. The number of nitrogens with one attached hydrogen (secondary N) is 1. The van der Waals surface area contributed by atoms with Gasteiger partial charge in [-0.05, 0) is 47.9 Å². The summed E-state index contributed by atoms with van der Waals surface area (Å²) in [4.78, 5) is 2.28. The first kappa shape index (κ1) is 21.6. The third kappa shape index (κ3) is 5.29. The van der Waals surface area contributed by atoms with Gasteiger partial charge in [-0.25, -0.2) is 8.42 Å². The fourth-order valence-corrected chi connectivity index (χ4v) is 5.36. The first-order chi connectivity index (χ1) is 12.8. The molecule has 0 aromatic heterocycles. The van der Waals surface area contributed by atoms with Gasteiger partial charge in [0.1, 0.15) is 5.75 Å². The number of benzene rings is 1.